The first-order chi connectivity index (χ1) is 8.92. The SMILES string of the molecule is CC(CC(=O)O)CC(=O)Nc1ccc(Br)cc1C#N. The van der Waals surface area contributed by atoms with Gasteiger partial charge >= 0.3 is 5.97 Å². The van der Waals surface area contributed by atoms with Crippen LogP contribution in [0, 0.1) is 17.2 Å². The number of carbonyl (C=O) groups is 2. The molecule has 0 saturated carbocycles. The number of nitriles is 1. The number of carboxylic acid groups (broad SMARTS) is 1. The van der Waals surface area contributed by atoms with E-state index in [1.54, 1.807) is 25.1 Å². The molecule has 5 nitrogen and oxygen atoms in total. The van der Waals surface area contributed by atoms with Crippen LogP contribution in [0.3, 0.4) is 0 Å². The van der Waals surface area contributed by atoms with Gasteiger partial charge in [-0.15, -0.1) is 0 Å². The number of nitrogens with one attached hydrogen (secondary N) is 1. The van der Waals surface area contributed by atoms with Gasteiger partial charge in [0.2, 0.25) is 5.91 Å². The lowest BCUT2D eigenvalue weighted by molar-refractivity contribution is -0.138. The second-order valence-electron chi connectivity index (χ2n) is 4.26. The van der Waals surface area contributed by atoms with Crippen molar-refractivity contribution in [3.63, 3.8) is 0 Å². The van der Waals surface area contributed by atoms with Crippen LogP contribution in [0.5, 0.6) is 0 Å². The Morgan fingerprint density at radius 2 is 2.16 bits per heavy atom. The summed E-state index contributed by atoms with van der Waals surface area (Å²) in [5, 5.41) is 20.2. The zero-order valence-electron chi connectivity index (χ0n) is 10.3. The van der Waals surface area contributed by atoms with E-state index < -0.39 is 5.97 Å². The van der Waals surface area contributed by atoms with E-state index >= 15 is 0 Å². The average molecular weight is 325 g/mol. The van der Waals surface area contributed by atoms with E-state index in [1.807, 2.05) is 6.07 Å². The standard InChI is InChI=1S/C13H13BrN2O3/c1-8(5-13(18)19)4-12(17)16-11-3-2-10(14)6-9(11)7-15/h2-3,6,8H,4-5H2,1H3,(H,16,17)(H,18,19). The van der Waals surface area contributed by atoms with Crippen molar-refractivity contribution in [2.24, 2.45) is 5.92 Å². The Morgan fingerprint density at radius 1 is 1.47 bits per heavy atom. The molecule has 1 atom stereocenters. The van der Waals surface area contributed by atoms with Gasteiger partial charge in [0.15, 0.2) is 0 Å². The molecule has 1 amide bonds. The summed E-state index contributed by atoms with van der Waals surface area (Å²) >= 11 is 3.24. The first kappa shape index (κ1) is 15.2. The summed E-state index contributed by atoms with van der Waals surface area (Å²) in [5.41, 5.74) is 0.784. The van der Waals surface area contributed by atoms with Crippen LogP contribution >= 0.6 is 15.9 Å². The van der Waals surface area contributed by atoms with E-state index in [-0.39, 0.29) is 24.7 Å². The van der Waals surface area contributed by atoms with Gasteiger partial charge in [-0.3, -0.25) is 9.59 Å². The molecular weight excluding hydrogens is 312 g/mol. The maximum atomic E-state index is 11.7. The largest absolute Gasteiger partial charge is 0.481 e. The topological polar surface area (TPSA) is 90.2 Å². The number of hydrogen-bond donors (Lipinski definition) is 2. The predicted octanol–water partition coefficient (Wildman–Crippen LogP) is 2.76. The summed E-state index contributed by atoms with van der Waals surface area (Å²) < 4.78 is 0.751. The fraction of sp³-hybridized carbons (Fsp3) is 0.308. The molecule has 2 N–H and O–H groups in total. The van der Waals surface area contributed by atoms with Crippen molar-refractivity contribution >= 4 is 33.5 Å². The summed E-state index contributed by atoms with van der Waals surface area (Å²) in [6, 6.07) is 6.94. The number of benzene rings is 1. The molecule has 1 rings (SSSR count). The van der Waals surface area contributed by atoms with Gasteiger partial charge in [0.1, 0.15) is 6.07 Å². The molecule has 0 radical (unpaired) electrons. The molecule has 0 aliphatic rings. The molecule has 1 unspecified atom stereocenters. The summed E-state index contributed by atoms with van der Waals surface area (Å²) in [7, 11) is 0. The third-order valence-corrected chi connectivity index (χ3v) is 2.93. The molecule has 0 aliphatic heterocycles. The fourth-order valence-electron chi connectivity index (χ4n) is 1.61. The molecular formula is C13H13BrN2O3. The van der Waals surface area contributed by atoms with E-state index in [0.29, 0.717) is 11.3 Å². The summed E-state index contributed by atoms with van der Waals surface area (Å²) in [6.45, 7) is 1.69. The third kappa shape index (κ3) is 5.10. The molecule has 0 saturated heterocycles. The number of nitrogens with zero attached hydrogens (tertiary/aromatic N) is 1. The van der Waals surface area contributed by atoms with Crippen LogP contribution in [0.25, 0.3) is 0 Å². The van der Waals surface area contributed by atoms with Crippen LogP contribution < -0.4 is 5.32 Å². The predicted molar refractivity (Wildman–Crippen MR) is 73.5 cm³/mol. The first-order valence-corrected chi connectivity index (χ1v) is 6.43. The van der Waals surface area contributed by atoms with E-state index in [2.05, 4.69) is 21.2 Å². The quantitative estimate of drug-likeness (QED) is 0.871. The normalized spacial score (nSPS) is 11.4. The molecule has 19 heavy (non-hydrogen) atoms. The van der Waals surface area contributed by atoms with Crippen molar-refractivity contribution in [3.05, 3.63) is 28.2 Å². The van der Waals surface area contributed by atoms with Crippen LogP contribution in [-0.2, 0) is 9.59 Å². The van der Waals surface area contributed by atoms with Gasteiger partial charge in [-0.1, -0.05) is 22.9 Å². The molecule has 6 heteroatoms. The Balaban J connectivity index is 2.67. The van der Waals surface area contributed by atoms with Gasteiger partial charge in [-0.25, -0.2) is 0 Å². The Kier molecular flexibility index (Phi) is 5.52. The van der Waals surface area contributed by atoms with E-state index in [1.165, 1.54) is 0 Å². The second kappa shape index (κ2) is 6.90. The van der Waals surface area contributed by atoms with Crippen LogP contribution in [0.4, 0.5) is 5.69 Å². The van der Waals surface area contributed by atoms with E-state index in [4.69, 9.17) is 10.4 Å². The van der Waals surface area contributed by atoms with Crippen molar-refractivity contribution in [3.8, 4) is 6.07 Å². The molecule has 0 aliphatic carbocycles. The van der Waals surface area contributed by atoms with Gasteiger partial charge in [-0.2, -0.15) is 5.26 Å². The third-order valence-electron chi connectivity index (χ3n) is 2.43. The Hall–Kier alpha value is -1.87. The van der Waals surface area contributed by atoms with Crippen molar-refractivity contribution < 1.29 is 14.7 Å². The number of carboxylic acids is 1. The molecule has 0 spiro atoms. The van der Waals surface area contributed by atoms with Crippen molar-refractivity contribution in [1.29, 1.82) is 5.26 Å². The zero-order valence-corrected chi connectivity index (χ0v) is 11.9. The highest BCUT2D eigenvalue weighted by molar-refractivity contribution is 9.10. The maximum Gasteiger partial charge on any atom is 0.303 e. The number of halogens is 1. The van der Waals surface area contributed by atoms with Gasteiger partial charge < -0.3 is 10.4 Å². The Bertz CT molecular complexity index is 537. The molecule has 0 fully saturated rings. The monoisotopic (exact) mass is 324 g/mol. The highest BCUT2D eigenvalue weighted by atomic mass is 79.9. The molecule has 1 aromatic carbocycles. The van der Waals surface area contributed by atoms with E-state index in [9.17, 15) is 9.59 Å². The van der Waals surface area contributed by atoms with Gasteiger partial charge in [0, 0.05) is 17.3 Å². The van der Waals surface area contributed by atoms with Crippen molar-refractivity contribution in [2.75, 3.05) is 5.32 Å². The van der Waals surface area contributed by atoms with Crippen molar-refractivity contribution in [1.82, 2.24) is 0 Å². The Morgan fingerprint density at radius 3 is 2.74 bits per heavy atom. The number of aliphatic carboxylic acids is 1. The minimum atomic E-state index is -0.929. The lowest BCUT2D eigenvalue weighted by Crippen LogP contribution is -2.17. The lowest BCUT2D eigenvalue weighted by atomic mass is 10.0. The molecule has 0 heterocycles. The highest BCUT2D eigenvalue weighted by Crippen LogP contribution is 2.21. The summed E-state index contributed by atoms with van der Waals surface area (Å²) in [4.78, 5) is 22.2. The molecule has 100 valence electrons. The number of carbonyl (C=O) groups excluding carboxylic acids is 1. The Labute approximate surface area is 119 Å². The van der Waals surface area contributed by atoms with Crippen LogP contribution in [-0.4, -0.2) is 17.0 Å². The smallest absolute Gasteiger partial charge is 0.303 e. The minimum absolute atomic E-state index is 0.0567. The number of amides is 1. The maximum absolute atomic E-state index is 11.7. The van der Waals surface area contributed by atoms with E-state index in [0.717, 1.165) is 4.47 Å². The molecule has 0 aromatic heterocycles. The minimum Gasteiger partial charge on any atom is -0.481 e. The van der Waals surface area contributed by atoms with Gasteiger partial charge in [0.05, 0.1) is 11.3 Å². The fourth-order valence-corrected chi connectivity index (χ4v) is 1.97. The average Bonchev–Trinajstić information content (AvgIpc) is 2.30. The second-order valence-corrected chi connectivity index (χ2v) is 5.17. The van der Waals surface area contributed by atoms with Crippen LogP contribution in [0.2, 0.25) is 0 Å². The molecule has 0 bridgehead atoms. The number of rotatable bonds is 5. The first-order valence-electron chi connectivity index (χ1n) is 5.63. The van der Waals surface area contributed by atoms with Crippen molar-refractivity contribution in [2.45, 2.75) is 19.8 Å². The number of hydrogen-bond acceptors (Lipinski definition) is 3. The van der Waals surface area contributed by atoms with Crippen LogP contribution in [0.1, 0.15) is 25.3 Å². The zero-order chi connectivity index (χ0) is 14.4. The summed E-state index contributed by atoms with van der Waals surface area (Å²) in [6.07, 6.45) is 0.0477. The molecule has 1 aromatic rings. The van der Waals surface area contributed by atoms with Gasteiger partial charge in [0.25, 0.3) is 0 Å². The summed E-state index contributed by atoms with van der Waals surface area (Å²) in [5.74, 6) is -1.48. The lowest BCUT2D eigenvalue weighted by Gasteiger charge is -2.10. The number of anilines is 1. The van der Waals surface area contributed by atoms with Crippen LogP contribution in [0.15, 0.2) is 22.7 Å². The van der Waals surface area contributed by atoms with Gasteiger partial charge in [-0.05, 0) is 24.1 Å². The highest BCUT2D eigenvalue weighted by Gasteiger charge is 2.14.